The van der Waals surface area contributed by atoms with Gasteiger partial charge >= 0.3 is 0 Å². The van der Waals surface area contributed by atoms with E-state index in [4.69, 9.17) is 43.6 Å². The van der Waals surface area contributed by atoms with Crippen molar-refractivity contribution in [2.24, 2.45) is 0 Å². The fraction of sp³-hybridized carbons (Fsp3) is 0.172. The summed E-state index contributed by atoms with van der Waals surface area (Å²) in [7, 11) is 1.51. The molecule has 0 aliphatic heterocycles. The number of rotatable bonds is 8. The van der Waals surface area contributed by atoms with Gasteiger partial charge in [0.05, 0.1) is 31.2 Å². The van der Waals surface area contributed by atoms with Crippen molar-refractivity contribution in [1.82, 2.24) is 19.6 Å². The number of pyridine rings is 2. The van der Waals surface area contributed by atoms with Gasteiger partial charge in [-0.3, -0.25) is 15.3 Å². The van der Waals surface area contributed by atoms with Gasteiger partial charge in [0, 0.05) is 46.6 Å². The first kappa shape index (κ1) is 30.2. The van der Waals surface area contributed by atoms with E-state index in [9.17, 15) is 9.59 Å². The number of methoxy groups -OCH3 is 1. The maximum absolute atomic E-state index is 13.5. The number of hydrogen-bond acceptors (Lipinski definition) is 8. The van der Waals surface area contributed by atoms with Gasteiger partial charge in [0.15, 0.2) is 10.9 Å². The molecule has 42 heavy (non-hydrogen) atoms. The average Bonchev–Trinajstić information content (AvgIpc) is 3.40. The van der Waals surface area contributed by atoms with Crippen molar-refractivity contribution in [1.29, 1.82) is 0 Å². The van der Waals surface area contributed by atoms with E-state index in [-0.39, 0.29) is 22.9 Å². The summed E-state index contributed by atoms with van der Waals surface area (Å²) in [6.45, 7) is 1.37. The largest absolute Gasteiger partial charge is 0.554 e. The quantitative estimate of drug-likeness (QED) is 0.263. The molecule has 3 N–H and O–H groups in total. The number of ketones is 1. The molecule has 5 aromatic rings. The molecule has 0 spiro atoms. The minimum atomic E-state index is -0.679. The van der Waals surface area contributed by atoms with Crippen LogP contribution >= 0.6 is 23.2 Å². The lowest BCUT2D eigenvalue weighted by Crippen LogP contribution is -2.30. The van der Waals surface area contributed by atoms with Crippen molar-refractivity contribution in [3.05, 3.63) is 93.1 Å². The van der Waals surface area contributed by atoms with E-state index < -0.39 is 12.5 Å². The van der Waals surface area contributed by atoms with Gasteiger partial charge in [-0.15, -0.1) is 5.10 Å². The Morgan fingerprint density at radius 1 is 1.12 bits per heavy atom. The number of aromatic amines is 1. The topological polar surface area (TPSA) is 159 Å². The number of fused-ring (bicyclic) bond motifs is 1. The van der Waals surface area contributed by atoms with Crippen molar-refractivity contribution in [3.63, 3.8) is 0 Å². The number of anilines is 1. The van der Waals surface area contributed by atoms with Gasteiger partial charge in [-0.1, -0.05) is 41.4 Å². The smallest absolute Gasteiger partial charge is 0.270 e. The SMILES string of the molecule is CCC(C(=O)Cc1ccc2[nH+]c(N)ccc2c1)n1cc(OC)c(-c2cc(Cl)ccc2-n2cc(Cl)nn2)cc1=O.O=C[O-]. The number of carbonyl (C=O) groups is 2. The number of carboxylic acid groups (broad SMARTS) is 1. The number of hydrogen-bond donors (Lipinski definition) is 1. The predicted octanol–water partition coefficient (Wildman–Crippen LogP) is 3.09. The first-order chi connectivity index (χ1) is 20.2. The lowest BCUT2D eigenvalue weighted by molar-refractivity contribution is -0.326. The molecule has 0 amide bonds. The molecular weight excluding hydrogens is 583 g/mol. The van der Waals surface area contributed by atoms with Crippen LogP contribution in [0.5, 0.6) is 5.75 Å². The molecule has 216 valence electrons. The lowest BCUT2D eigenvalue weighted by atomic mass is 9.99. The molecule has 2 aromatic carbocycles. The van der Waals surface area contributed by atoms with Crippen LogP contribution in [0, 0.1) is 0 Å². The third kappa shape index (κ3) is 6.59. The highest BCUT2D eigenvalue weighted by Crippen LogP contribution is 2.35. The molecule has 0 radical (unpaired) electrons. The average molecular weight is 609 g/mol. The molecule has 11 nitrogen and oxygen atoms in total. The van der Waals surface area contributed by atoms with Crippen molar-refractivity contribution in [3.8, 4) is 22.6 Å². The van der Waals surface area contributed by atoms with Crippen LogP contribution in [-0.2, 0) is 16.0 Å². The van der Waals surface area contributed by atoms with Crippen molar-refractivity contribution in [2.75, 3.05) is 12.8 Å². The molecule has 0 aliphatic carbocycles. The van der Waals surface area contributed by atoms with Crippen molar-refractivity contribution in [2.45, 2.75) is 25.8 Å². The van der Waals surface area contributed by atoms with Gasteiger partial charge in [0.25, 0.3) is 11.4 Å². The molecule has 0 saturated carbocycles. The first-order valence-corrected chi connectivity index (χ1v) is 13.4. The Labute approximate surface area is 250 Å². The summed E-state index contributed by atoms with van der Waals surface area (Å²) in [5.41, 5.74) is 8.89. The van der Waals surface area contributed by atoms with E-state index in [0.29, 0.717) is 39.8 Å². The molecule has 13 heteroatoms. The molecule has 1 unspecified atom stereocenters. The fourth-order valence-corrected chi connectivity index (χ4v) is 4.98. The number of aromatic nitrogens is 5. The highest BCUT2D eigenvalue weighted by molar-refractivity contribution is 6.31. The summed E-state index contributed by atoms with van der Waals surface area (Å²) >= 11 is 12.3. The molecule has 1 atom stereocenters. The van der Waals surface area contributed by atoms with Crippen molar-refractivity contribution < 1.29 is 24.4 Å². The number of halogens is 2. The number of ether oxygens (including phenoxy) is 1. The maximum atomic E-state index is 13.5. The number of benzene rings is 2. The molecule has 0 bridgehead atoms. The Hall–Kier alpha value is -4.74. The highest BCUT2D eigenvalue weighted by Gasteiger charge is 2.23. The zero-order valence-corrected chi connectivity index (χ0v) is 24.1. The Kier molecular flexibility index (Phi) is 9.56. The molecule has 5 rings (SSSR count). The maximum Gasteiger partial charge on any atom is 0.270 e. The summed E-state index contributed by atoms with van der Waals surface area (Å²) in [6, 6.07) is 15.3. The zero-order valence-electron chi connectivity index (χ0n) is 22.6. The van der Waals surface area contributed by atoms with E-state index in [1.807, 2.05) is 31.2 Å². The Morgan fingerprint density at radius 2 is 1.88 bits per heavy atom. The van der Waals surface area contributed by atoms with Crippen LogP contribution in [0.25, 0.3) is 27.7 Å². The van der Waals surface area contributed by atoms with Crippen LogP contribution in [-0.4, -0.2) is 38.9 Å². The number of nitrogens with one attached hydrogen (secondary N) is 1. The molecule has 3 aromatic heterocycles. The number of nitrogens with two attached hydrogens (primary N) is 1. The second-order valence-electron chi connectivity index (χ2n) is 9.15. The van der Waals surface area contributed by atoms with Gasteiger partial charge in [-0.25, -0.2) is 9.67 Å². The fourth-order valence-electron chi connectivity index (χ4n) is 4.68. The molecule has 0 saturated heterocycles. The molecular formula is C29H26Cl2N6O5. The van der Waals surface area contributed by atoms with Crippen LogP contribution in [0.4, 0.5) is 5.82 Å². The van der Waals surface area contributed by atoms with E-state index >= 15 is 0 Å². The molecule has 0 fully saturated rings. The predicted molar refractivity (Wildman–Crippen MR) is 157 cm³/mol. The number of carbonyl (C=O) groups excluding carboxylic acids is 2. The van der Waals surface area contributed by atoms with E-state index in [1.165, 1.54) is 22.4 Å². The molecule has 0 aliphatic rings. The van der Waals surface area contributed by atoms with E-state index in [0.717, 1.165) is 16.5 Å². The Balaban J connectivity index is 0.00000129. The second-order valence-corrected chi connectivity index (χ2v) is 9.97. The van der Waals surface area contributed by atoms with Crippen LogP contribution in [0.15, 0.2) is 71.8 Å². The Morgan fingerprint density at radius 3 is 2.55 bits per heavy atom. The number of nitrogens with zero attached hydrogens (tertiary/aromatic N) is 4. The minimum absolute atomic E-state index is 0.0890. The minimum Gasteiger partial charge on any atom is -0.554 e. The zero-order chi connectivity index (χ0) is 30.4. The molecule has 3 heterocycles. The van der Waals surface area contributed by atoms with E-state index in [1.54, 1.807) is 36.7 Å². The summed E-state index contributed by atoms with van der Waals surface area (Å²) < 4.78 is 8.60. The third-order valence-electron chi connectivity index (χ3n) is 6.53. The number of Topliss-reactive ketones (excluding diaryl/α,β-unsaturated/α-hetero) is 1. The first-order valence-electron chi connectivity index (χ1n) is 12.7. The van der Waals surface area contributed by atoms with Crippen molar-refractivity contribution >= 4 is 52.2 Å². The summed E-state index contributed by atoms with van der Waals surface area (Å²) in [4.78, 5) is 38.2. The normalized spacial score (nSPS) is 11.4. The van der Waals surface area contributed by atoms with Gasteiger partial charge in [-0.05, 0) is 48.4 Å². The van der Waals surface area contributed by atoms with Crippen LogP contribution in [0.3, 0.4) is 0 Å². The van der Waals surface area contributed by atoms with Crippen LogP contribution in [0.1, 0.15) is 24.9 Å². The number of H-pyrrole nitrogens is 1. The van der Waals surface area contributed by atoms with Gasteiger partial charge < -0.3 is 19.2 Å². The second kappa shape index (κ2) is 13.3. The summed E-state index contributed by atoms with van der Waals surface area (Å²) in [5, 5.41) is 17.7. The number of nitrogen functional groups attached to an aromatic ring is 1. The van der Waals surface area contributed by atoms with Gasteiger partial charge in [-0.2, -0.15) is 0 Å². The summed E-state index contributed by atoms with van der Waals surface area (Å²) in [5.74, 6) is 0.868. The lowest BCUT2D eigenvalue weighted by Gasteiger charge is -2.20. The third-order valence-corrected chi connectivity index (χ3v) is 6.94. The highest BCUT2D eigenvalue weighted by atomic mass is 35.5. The van der Waals surface area contributed by atoms with E-state index in [2.05, 4.69) is 15.3 Å². The summed E-state index contributed by atoms with van der Waals surface area (Å²) in [6.07, 6.45) is 3.72. The standard InChI is InChI=1S/C28H24Cl2N6O3.CH2O2/c1-3-22(24(37)11-16-4-7-21-17(10-16)5-9-27(31)32-21)35-14-25(39-2)20(13-28(35)38)19-12-18(29)6-8-23(19)36-15-26(30)33-34-36;2-1-3/h4-10,12-15,22H,3,11H2,1-2H3,(H2,31,32);1H,(H,2,3). The van der Waals surface area contributed by atoms with Crippen LogP contribution < -0.4 is 26.1 Å². The van der Waals surface area contributed by atoms with Gasteiger partial charge in [0.2, 0.25) is 0 Å². The van der Waals surface area contributed by atoms with Gasteiger partial charge in [0.1, 0.15) is 11.3 Å². The van der Waals surface area contributed by atoms with Crippen LogP contribution in [0.2, 0.25) is 10.2 Å². The Bertz CT molecular complexity index is 1820. The monoisotopic (exact) mass is 608 g/mol.